The molecule has 5 nitrogen and oxygen atoms in total. The first-order valence-corrected chi connectivity index (χ1v) is 8.13. The first-order chi connectivity index (χ1) is 12.3. The third kappa shape index (κ3) is 4.25. The van der Waals surface area contributed by atoms with E-state index in [2.05, 4.69) is 15.0 Å². The number of anilines is 1. The van der Waals surface area contributed by atoms with Gasteiger partial charge in [-0.1, -0.05) is 18.2 Å². The van der Waals surface area contributed by atoms with Crippen LogP contribution in [-0.4, -0.2) is 29.8 Å². The van der Waals surface area contributed by atoms with Crippen LogP contribution in [-0.2, 0) is 13.0 Å². The minimum Gasteiger partial charge on any atom is -0.468 e. The lowest BCUT2D eigenvalue weighted by molar-refractivity contribution is -0.154. The third-order valence-corrected chi connectivity index (χ3v) is 4.05. The molecule has 1 atom stereocenters. The Hall–Kier alpha value is -2.77. The number of nitrogens with one attached hydrogen (secondary N) is 1. The summed E-state index contributed by atoms with van der Waals surface area (Å²) in [7, 11) is 0. The van der Waals surface area contributed by atoms with Crippen LogP contribution in [0.2, 0.25) is 0 Å². The first kappa shape index (κ1) is 18.0. The van der Waals surface area contributed by atoms with Crippen molar-refractivity contribution in [2.24, 2.45) is 0 Å². The first-order valence-electron chi connectivity index (χ1n) is 8.13. The smallest absolute Gasteiger partial charge is 0.422 e. The van der Waals surface area contributed by atoms with Crippen LogP contribution in [0.5, 0.6) is 5.88 Å². The summed E-state index contributed by atoms with van der Waals surface area (Å²) in [5, 5.41) is 2.79. The SMILES string of the molecule is CC1Cc2ccccc2N1C(=O)NCc1ccnc(OCC(F)(F)F)c1. The van der Waals surface area contributed by atoms with Gasteiger partial charge in [-0.2, -0.15) is 13.2 Å². The number of hydrogen-bond donors (Lipinski definition) is 1. The summed E-state index contributed by atoms with van der Waals surface area (Å²) in [6.07, 6.45) is -2.29. The van der Waals surface area contributed by atoms with Gasteiger partial charge in [-0.3, -0.25) is 4.90 Å². The largest absolute Gasteiger partial charge is 0.468 e. The minimum atomic E-state index is -4.43. The normalized spacial score (nSPS) is 16.3. The molecule has 0 spiro atoms. The van der Waals surface area contributed by atoms with Gasteiger partial charge in [0.1, 0.15) is 0 Å². The molecule has 1 aliphatic heterocycles. The number of nitrogens with zero attached hydrogens (tertiary/aromatic N) is 2. The lowest BCUT2D eigenvalue weighted by Gasteiger charge is -2.23. The zero-order chi connectivity index (χ0) is 18.7. The summed E-state index contributed by atoms with van der Waals surface area (Å²) in [6.45, 7) is 0.724. The number of ether oxygens (including phenoxy) is 1. The van der Waals surface area contributed by atoms with E-state index in [0.717, 1.165) is 17.7 Å². The number of carbonyl (C=O) groups excluding carboxylic acids is 1. The van der Waals surface area contributed by atoms with Crippen LogP contribution in [0.15, 0.2) is 42.6 Å². The molecule has 0 radical (unpaired) electrons. The Morgan fingerprint density at radius 2 is 2.12 bits per heavy atom. The monoisotopic (exact) mass is 365 g/mol. The van der Waals surface area contributed by atoms with E-state index in [4.69, 9.17) is 0 Å². The molecule has 1 aromatic heterocycles. The van der Waals surface area contributed by atoms with Crippen LogP contribution in [0.1, 0.15) is 18.1 Å². The average molecular weight is 365 g/mol. The molecule has 2 aromatic rings. The van der Waals surface area contributed by atoms with Crippen LogP contribution >= 0.6 is 0 Å². The summed E-state index contributed by atoms with van der Waals surface area (Å²) in [6, 6.07) is 10.5. The Kier molecular flexibility index (Phi) is 5.01. The number of rotatable bonds is 4. The van der Waals surface area contributed by atoms with E-state index in [1.165, 1.54) is 12.3 Å². The van der Waals surface area contributed by atoms with Gasteiger partial charge in [0.05, 0.1) is 0 Å². The summed E-state index contributed by atoms with van der Waals surface area (Å²) < 4.78 is 41.3. The van der Waals surface area contributed by atoms with Crippen LogP contribution < -0.4 is 15.0 Å². The fourth-order valence-electron chi connectivity index (χ4n) is 2.93. The molecule has 2 heterocycles. The number of urea groups is 1. The molecule has 0 saturated heterocycles. The molecule has 26 heavy (non-hydrogen) atoms. The van der Waals surface area contributed by atoms with Gasteiger partial charge in [0, 0.05) is 30.5 Å². The highest BCUT2D eigenvalue weighted by Crippen LogP contribution is 2.31. The van der Waals surface area contributed by atoms with Gasteiger partial charge in [0.15, 0.2) is 6.61 Å². The number of carbonyl (C=O) groups is 1. The zero-order valence-electron chi connectivity index (χ0n) is 14.1. The molecule has 1 N–H and O–H groups in total. The Labute approximate surface area is 148 Å². The van der Waals surface area contributed by atoms with Crippen LogP contribution in [0.3, 0.4) is 0 Å². The van der Waals surface area contributed by atoms with Crippen molar-refractivity contribution >= 4 is 11.7 Å². The number of hydrogen-bond acceptors (Lipinski definition) is 3. The number of amides is 2. The second kappa shape index (κ2) is 7.23. The minimum absolute atomic E-state index is 0.0375. The van der Waals surface area contributed by atoms with Crippen molar-refractivity contribution in [2.45, 2.75) is 32.1 Å². The van der Waals surface area contributed by atoms with Crippen molar-refractivity contribution in [1.82, 2.24) is 10.3 Å². The average Bonchev–Trinajstić information content (AvgIpc) is 2.93. The summed E-state index contributed by atoms with van der Waals surface area (Å²) >= 11 is 0. The standard InChI is InChI=1S/C18H18F3N3O2/c1-12-8-14-4-2-3-5-15(14)24(12)17(25)23-10-13-6-7-22-16(9-13)26-11-18(19,20)21/h2-7,9,12H,8,10-11H2,1H3,(H,23,25). The quantitative estimate of drug-likeness (QED) is 0.899. The van der Waals surface area contributed by atoms with E-state index in [1.807, 2.05) is 31.2 Å². The van der Waals surface area contributed by atoms with E-state index < -0.39 is 12.8 Å². The molecule has 0 saturated carbocycles. The van der Waals surface area contributed by atoms with E-state index in [-0.39, 0.29) is 24.5 Å². The second-order valence-corrected chi connectivity index (χ2v) is 6.12. The molecule has 0 aliphatic carbocycles. The van der Waals surface area contributed by atoms with Gasteiger partial charge in [-0.05, 0) is 36.6 Å². The van der Waals surface area contributed by atoms with Crippen molar-refractivity contribution in [3.05, 3.63) is 53.7 Å². The molecule has 3 rings (SSSR count). The molecule has 0 bridgehead atoms. The fraction of sp³-hybridized carbons (Fsp3) is 0.333. The molecule has 1 aromatic carbocycles. The third-order valence-electron chi connectivity index (χ3n) is 4.05. The molecule has 1 unspecified atom stereocenters. The zero-order valence-corrected chi connectivity index (χ0v) is 14.1. The number of para-hydroxylation sites is 1. The Morgan fingerprint density at radius 1 is 1.35 bits per heavy atom. The molecule has 1 aliphatic rings. The summed E-state index contributed by atoms with van der Waals surface area (Å²) in [5.41, 5.74) is 2.59. The van der Waals surface area contributed by atoms with Crippen molar-refractivity contribution in [1.29, 1.82) is 0 Å². The molecular formula is C18H18F3N3O2. The highest BCUT2D eigenvalue weighted by molar-refractivity contribution is 5.94. The molecule has 0 fully saturated rings. The Morgan fingerprint density at radius 3 is 2.88 bits per heavy atom. The van der Waals surface area contributed by atoms with Crippen molar-refractivity contribution in [3.8, 4) is 5.88 Å². The van der Waals surface area contributed by atoms with Crippen LogP contribution in [0.25, 0.3) is 0 Å². The van der Waals surface area contributed by atoms with Gasteiger partial charge >= 0.3 is 12.2 Å². The number of fused-ring (bicyclic) bond motifs is 1. The number of benzene rings is 1. The van der Waals surface area contributed by atoms with E-state index >= 15 is 0 Å². The lowest BCUT2D eigenvalue weighted by Crippen LogP contribution is -2.42. The second-order valence-electron chi connectivity index (χ2n) is 6.12. The Bertz CT molecular complexity index is 795. The molecular weight excluding hydrogens is 347 g/mol. The Balaban J connectivity index is 1.62. The molecule has 2 amide bonds. The van der Waals surface area contributed by atoms with Gasteiger partial charge in [0.25, 0.3) is 0 Å². The van der Waals surface area contributed by atoms with Crippen molar-refractivity contribution in [2.75, 3.05) is 11.5 Å². The number of alkyl halides is 3. The summed E-state index contributed by atoms with van der Waals surface area (Å²) in [5.74, 6) is -0.131. The topological polar surface area (TPSA) is 54.5 Å². The summed E-state index contributed by atoms with van der Waals surface area (Å²) in [4.78, 5) is 18.0. The van der Waals surface area contributed by atoms with E-state index in [1.54, 1.807) is 11.0 Å². The van der Waals surface area contributed by atoms with E-state index in [9.17, 15) is 18.0 Å². The van der Waals surface area contributed by atoms with Gasteiger partial charge in [-0.15, -0.1) is 0 Å². The predicted molar refractivity (Wildman–Crippen MR) is 90.1 cm³/mol. The van der Waals surface area contributed by atoms with Crippen LogP contribution in [0, 0.1) is 0 Å². The van der Waals surface area contributed by atoms with Crippen molar-refractivity contribution < 1.29 is 22.7 Å². The highest BCUT2D eigenvalue weighted by atomic mass is 19.4. The molecule has 138 valence electrons. The van der Waals surface area contributed by atoms with Crippen LogP contribution in [0.4, 0.5) is 23.7 Å². The number of pyridine rings is 1. The van der Waals surface area contributed by atoms with Gasteiger partial charge < -0.3 is 10.1 Å². The van der Waals surface area contributed by atoms with Gasteiger partial charge in [0.2, 0.25) is 5.88 Å². The maximum absolute atomic E-state index is 12.6. The fourth-order valence-corrected chi connectivity index (χ4v) is 2.93. The number of halogens is 3. The predicted octanol–water partition coefficient (Wildman–Crippen LogP) is 3.68. The molecule has 8 heteroatoms. The maximum atomic E-state index is 12.6. The lowest BCUT2D eigenvalue weighted by atomic mass is 10.1. The van der Waals surface area contributed by atoms with Gasteiger partial charge in [-0.25, -0.2) is 9.78 Å². The number of aromatic nitrogens is 1. The van der Waals surface area contributed by atoms with E-state index in [0.29, 0.717) is 5.56 Å². The highest BCUT2D eigenvalue weighted by Gasteiger charge is 2.30. The van der Waals surface area contributed by atoms with Crippen molar-refractivity contribution in [3.63, 3.8) is 0 Å². The maximum Gasteiger partial charge on any atom is 0.422 e.